The summed E-state index contributed by atoms with van der Waals surface area (Å²) in [5.74, 6) is 9.06. The largest absolute Gasteiger partial charge is 0.268 e. The molecule has 0 saturated heterocycles. The van der Waals surface area contributed by atoms with E-state index < -0.39 is 0 Å². The first kappa shape index (κ1) is 62.3. The van der Waals surface area contributed by atoms with Crippen LogP contribution >= 0.6 is 26.6 Å². The molecule has 3 unspecified atom stereocenters. The molecule has 6 aromatic carbocycles. The van der Waals surface area contributed by atoms with Gasteiger partial charge in [-0.2, -0.15) is 109 Å². The van der Waals surface area contributed by atoms with Gasteiger partial charge in [0.15, 0.2) is 0 Å². The van der Waals surface area contributed by atoms with Crippen molar-refractivity contribution in [1.29, 1.82) is 0 Å². The Morgan fingerprint density at radius 1 is 0.275 bits per heavy atom. The van der Waals surface area contributed by atoms with Gasteiger partial charge in [-0.15, -0.1) is 42.8 Å². The monoisotopic (exact) mass is 966 g/mol. The van der Waals surface area contributed by atoms with Gasteiger partial charge in [-0.25, -0.2) is 72.8 Å². The second-order valence-electron chi connectivity index (χ2n) is 13.0. The topological polar surface area (TPSA) is 0 Å². The fourth-order valence-electron chi connectivity index (χ4n) is 1.92. The van der Waals surface area contributed by atoms with Crippen molar-refractivity contribution in [1.82, 2.24) is 0 Å². The summed E-state index contributed by atoms with van der Waals surface area (Å²) in [6.07, 6.45) is 0. The summed E-state index contributed by atoms with van der Waals surface area (Å²) >= 11 is 0. The minimum absolute atomic E-state index is 0. The summed E-state index contributed by atoms with van der Waals surface area (Å²) in [6, 6.07) is 60.0. The number of rotatable bonds is 0. The van der Waals surface area contributed by atoms with Crippen LogP contribution in [0.1, 0.15) is 62.3 Å². The van der Waals surface area contributed by atoms with Gasteiger partial charge in [-0.3, -0.25) is 17.4 Å². The van der Waals surface area contributed by atoms with Gasteiger partial charge >= 0.3 is 0 Å². The standard InChI is InChI=1S/3C5H11P.6C5H5.3Zr/c3*1-5(2,3)4-6;6*1-2-4-5-3-1;;;/h3*6H2,1-3H3;6*1-5H;;;/q;;;6*-1;;;. The van der Waals surface area contributed by atoms with Crippen LogP contribution in [0.25, 0.3) is 0 Å². The minimum atomic E-state index is 0. The molecule has 0 fully saturated rings. The molecule has 6 rings (SSSR count). The van der Waals surface area contributed by atoms with Crippen LogP contribution in [0.2, 0.25) is 0 Å². The van der Waals surface area contributed by atoms with Crippen molar-refractivity contribution in [2.45, 2.75) is 62.3 Å². The van der Waals surface area contributed by atoms with Crippen molar-refractivity contribution in [2.75, 3.05) is 0 Å². The molecule has 0 spiro atoms. The summed E-state index contributed by atoms with van der Waals surface area (Å²) in [5.41, 5.74) is 0.764. The molecular weight excluding hydrogens is 907 g/mol. The van der Waals surface area contributed by atoms with E-state index in [1.54, 1.807) is 0 Å². The summed E-state index contributed by atoms with van der Waals surface area (Å²) in [7, 11) is 7.42. The van der Waals surface area contributed by atoms with Crippen LogP contribution in [0, 0.1) is 16.2 Å². The predicted molar refractivity (Wildman–Crippen MR) is 235 cm³/mol. The fraction of sp³-hybridized carbons (Fsp3) is 0.267. The zero-order valence-corrected chi connectivity index (χ0v) is 43.4. The van der Waals surface area contributed by atoms with Crippen molar-refractivity contribution >= 4 is 44.0 Å². The molecule has 3 atom stereocenters. The molecule has 0 bridgehead atoms. The van der Waals surface area contributed by atoms with E-state index in [2.05, 4.69) is 106 Å². The molecule has 0 aliphatic heterocycles. The first-order valence-electron chi connectivity index (χ1n) is 16.1. The van der Waals surface area contributed by atoms with E-state index in [0.717, 1.165) is 0 Å². The molecule has 276 valence electrons. The molecule has 0 aliphatic carbocycles. The second kappa shape index (κ2) is 45.4. The molecule has 6 heteroatoms. The van der Waals surface area contributed by atoms with Gasteiger partial charge in [0.1, 0.15) is 0 Å². The van der Waals surface area contributed by atoms with E-state index in [4.69, 9.17) is 0 Å². The van der Waals surface area contributed by atoms with Crippen molar-refractivity contribution in [3.05, 3.63) is 182 Å². The molecule has 6 aromatic rings. The molecule has 0 radical (unpaired) electrons. The van der Waals surface area contributed by atoms with Gasteiger partial charge in [0.05, 0.1) is 0 Å². The SMILES string of the molecule is CC(C)(C)[C-]=[PH2+].CC(C)(C)[C-]=[PH2+].CC(C)(C)[C-]=[PH2+].[Zr].[Zr].[Zr].c1cc[cH-]c1.c1cc[cH-]c1.c1cc[cH-]c1.c1cc[cH-]c1.c1cc[cH-]c1.c1cc[cH-]c1. The van der Waals surface area contributed by atoms with Gasteiger partial charge in [0.2, 0.25) is 0 Å². The van der Waals surface area contributed by atoms with Gasteiger partial charge in [0, 0.05) is 78.6 Å². The second-order valence-corrected chi connectivity index (χ2v) is 13.8. The molecule has 0 heterocycles. The summed E-state index contributed by atoms with van der Waals surface area (Å²) < 4.78 is 0. The molecule has 0 amide bonds. The van der Waals surface area contributed by atoms with Crippen LogP contribution in [-0.2, 0) is 78.6 Å². The molecule has 0 N–H and O–H groups in total. The zero-order chi connectivity index (χ0) is 36.8. The van der Waals surface area contributed by atoms with E-state index in [1.165, 1.54) is 0 Å². The zero-order valence-electron chi connectivity index (χ0n) is 32.6. The van der Waals surface area contributed by atoms with Crippen LogP contribution in [0.3, 0.4) is 0 Å². The van der Waals surface area contributed by atoms with E-state index in [-0.39, 0.29) is 94.9 Å². The number of hydrogen-bond acceptors (Lipinski definition) is 0. The van der Waals surface area contributed by atoms with Gasteiger partial charge in [-0.05, 0) is 0 Å². The van der Waals surface area contributed by atoms with Crippen LogP contribution in [0.5, 0.6) is 0 Å². The van der Waals surface area contributed by atoms with Crippen LogP contribution in [0.4, 0.5) is 0 Å². The Kier molecular flexibility index (Phi) is 55.4. The van der Waals surface area contributed by atoms with Crippen molar-refractivity contribution in [3.8, 4) is 0 Å². The molecule has 0 aromatic heterocycles. The molecule has 0 nitrogen and oxygen atoms in total. The van der Waals surface area contributed by atoms with Crippen LogP contribution < -0.4 is 0 Å². The Balaban J connectivity index is -0.000000111. The van der Waals surface area contributed by atoms with Gasteiger partial charge in [-0.1, -0.05) is 62.3 Å². The third-order valence-corrected chi connectivity index (χ3v) is 7.23. The molecular formula is C45H63P3Zr3-6. The maximum Gasteiger partial charge on any atom is 0 e. The third kappa shape index (κ3) is 75.2. The first-order valence-corrected chi connectivity index (χ1v) is 17.8. The van der Waals surface area contributed by atoms with Crippen LogP contribution in [-0.4, -0.2) is 17.4 Å². The Labute approximate surface area is 379 Å². The molecule has 0 aliphatic rings. The predicted octanol–water partition coefficient (Wildman–Crippen LogP) is 13.2. The maximum absolute atomic E-state index is 3.02. The minimum Gasteiger partial charge on any atom is -0.268 e. The van der Waals surface area contributed by atoms with Crippen LogP contribution in [0.15, 0.2) is 182 Å². The Bertz CT molecular complexity index is 928. The van der Waals surface area contributed by atoms with Gasteiger partial charge < -0.3 is 0 Å². The molecule has 51 heavy (non-hydrogen) atoms. The van der Waals surface area contributed by atoms with Gasteiger partial charge in [0.25, 0.3) is 0 Å². The Morgan fingerprint density at radius 3 is 0.373 bits per heavy atom. The maximum atomic E-state index is 3.02. The quantitative estimate of drug-likeness (QED) is 0.105. The summed E-state index contributed by atoms with van der Waals surface area (Å²) in [5, 5.41) is 0. The average molecular weight is 971 g/mol. The van der Waals surface area contributed by atoms with E-state index in [0.29, 0.717) is 0 Å². The Morgan fingerprint density at radius 2 is 0.353 bits per heavy atom. The summed E-state index contributed by atoms with van der Waals surface area (Å²) in [6.45, 7) is 19.0. The summed E-state index contributed by atoms with van der Waals surface area (Å²) in [4.78, 5) is 0. The van der Waals surface area contributed by atoms with Crippen molar-refractivity contribution in [2.24, 2.45) is 16.2 Å². The fourth-order valence-corrected chi connectivity index (χ4v) is 1.92. The van der Waals surface area contributed by atoms with Crippen molar-refractivity contribution < 1.29 is 78.6 Å². The van der Waals surface area contributed by atoms with Crippen molar-refractivity contribution in [3.63, 3.8) is 0 Å². The van der Waals surface area contributed by atoms with E-state index in [9.17, 15) is 0 Å². The Hall–Kier alpha value is -0.741. The average Bonchev–Trinajstić information content (AvgIpc) is 3.91. The van der Waals surface area contributed by atoms with E-state index >= 15 is 0 Å². The number of hydrogen-bond donors (Lipinski definition) is 0. The van der Waals surface area contributed by atoms with E-state index in [1.807, 2.05) is 182 Å². The molecule has 0 saturated carbocycles. The first-order chi connectivity index (χ1) is 22.7. The third-order valence-electron chi connectivity index (χ3n) is 4.63. The smallest absolute Gasteiger partial charge is 0 e. The normalized spacial score (nSPS) is 8.65.